The number of aromatic nitrogens is 2. The minimum absolute atomic E-state index is 0.0438. The molecule has 0 aliphatic heterocycles. The van der Waals surface area contributed by atoms with Crippen LogP contribution in [-0.2, 0) is 0 Å². The van der Waals surface area contributed by atoms with Crippen LogP contribution in [-0.4, -0.2) is 22.5 Å². The van der Waals surface area contributed by atoms with Crippen LogP contribution in [0.5, 0.6) is 5.75 Å². The Labute approximate surface area is 157 Å². The molecule has 0 aliphatic carbocycles. The molecule has 0 saturated heterocycles. The van der Waals surface area contributed by atoms with Crippen LogP contribution in [0.15, 0.2) is 47.3 Å². The molecule has 27 heavy (non-hydrogen) atoms. The van der Waals surface area contributed by atoms with E-state index >= 15 is 0 Å². The summed E-state index contributed by atoms with van der Waals surface area (Å²) in [6.07, 6.45) is 0. The lowest BCUT2D eigenvalue weighted by molar-refractivity contribution is -0.0498. The van der Waals surface area contributed by atoms with Crippen molar-refractivity contribution >= 4 is 29.0 Å². The monoisotopic (exact) mass is 391 g/mol. The average Bonchev–Trinajstić information content (AvgIpc) is 2.61. The minimum Gasteiger partial charge on any atom is -0.435 e. The van der Waals surface area contributed by atoms with Gasteiger partial charge in [0.1, 0.15) is 5.75 Å². The molecule has 1 atom stereocenters. The second-order valence-electron chi connectivity index (χ2n) is 5.81. The molecular formula is C18H15F2N3O3S. The number of hydrogen-bond acceptors (Lipinski definition) is 4. The predicted molar refractivity (Wildman–Crippen MR) is 98.7 cm³/mol. The van der Waals surface area contributed by atoms with E-state index in [4.69, 9.17) is 12.2 Å². The van der Waals surface area contributed by atoms with Crippen molar-refractivity contribution in [2.45, 2.75) is 19.6 Å². The van der Waals surface area contributed by atoms with Crippen LogP contribution in [0.4, 0.5) is 8.78 Å². The topological polar surface area (TPSA) is 87.0 Å². The van der Waals surface area contributed by atoms with Gasteiger partial charge in [-0.2, -0.15) is 8.78 Å². The lowest BCUT2D eigenvalue weighted by Crippen LogP contribution is -2.26. The lowest BCUT2D eigenvalue weighted by Gasteiger charge is -2.15. The number of hydrogen-bond donors (Lipinski definition) is 3. The molecule has 6 nitrogen and oxygen atoms in total. The standard InChI is InChI=1S/C18H15F2N3O3S/c1-9(10-2-5-12(6-3-10)26-17(19)20)21-15(24)11-4-7-13-14(8-11)22-18(27)23-16(13)25/h2-9,17H,1H3,(H,21,24)(H2,22,23,25,27). The third-order valence-corrected chi connectivity index (χ3v) is 4.16. The molecule has 0 bridgehead atoms. The Hall–Kier alpha value is -3.07. The SMILES string of the molecule is CC(NC(=O)c1ccc2c(=O)[nH]c(=S)[nH]c2c1)c1ccc(OC(F)F)cc1. The van der Waals surface area contributed by atoms with Gasteiger partial charge in [0.15, 0.2) is 4.77 Å². The van der Waals surface area contributed by atoms with Crippen molar-refractivity contribution in [2.24, 2.45) is 0 Å². The lowest BCUT2D eigenvalue weighted by atomic mass is 10.1. The zero-order valence-electron chi connectivity index (χ0n) is 14.1. The summed E-state index contributed by atoms with van der Waals surface area (Å²) in [4.78, 5) is 29.6. The molecule has 1 amide bonds. The quantitative estimate of drug-likeness (QED) is 0.579. The van der Waals surface area contributed by atoms with Gasteiger partial charge >= 0.3 is 6.61 Å². The van der Waals surface area contributed by atoms with Crippen molar-refractivity contribution in [3.8, 4) is 5.75 Å². The van der Waals surface area contributed by atoms with Crippen molar-refractivity contribution in [2.75, 3.05) is 0 Å². The van der Waals surface area contributed by atoms with E-state index in [-0.39, 0.29) is 28.0 Å². The van der Waals surface area contributed by atoms with Crippen molar-refractivity contribution in [1.82, 2.24) is 15.3 Å². The Morgan fingerprint density at radius 3 is 2.52 bits per heavy atom. The highest BCUT2D eigenvalue weighted by molar-refractivity contribution is 7.71. The Balaban J connectivity index is 1.77. The van der Waals surface area contributed by atoms with Gasteiger partial charge in [-0.05, 0) is 55.0 Å². The molecule has 2 aromatic carbocycles. The first-order valence-corrected chi connectivity index (χ1v) is 8.36. The van der Waals surface area contributed by atoms with Crippen LogP contribution in [0.1, 0.15) is 28.9 Å². The number of aromatic amines is 2. The summed E-state index contributed by atoms with van der Waals surface area (Å²) in [5.41, 5.74) is 1.20. The number of alkyl halides is 2. The van der Waals surface area contributed by atoms with Crippen LogP contribution < -0.4 is 15.6 Å². The summed E-state index contributed by atoms with van der Waals surface area (Å²) < 4.78 is 28.9. The first-order valence-electron chi connectivity index (χ1n) is 7.95. The summed E-state index contributed by atoms with van der Waals surface area (Å²) in [6, 6.07) is 10.3. The normalized spacial score (nSPS) is 12.1. The van der Waals surface area contributed by atoms with Crippen molar-refractivity contribution in [1.29, 1.82) is 0 Å². The Bertz CT molecular complexity index is 1090. The number of benzene rings is 2. The van der Waals surface area contributed by atoms with E-state index in [1.807, 2.05) is 0 Å². The molecular weight excluding hydrogens is 376 g/mol. The smallest absolute Gasteiger partial charge is 0.387 e. The van der Waals surface area contributed by atoms with Crippen LogP contribution in [0, 0.1) is 4.77 Å². The number of carbonyl (C=O) groups excluding carboxylic acids is 1. The Morgan fingerprint density at radius 2 is 1.85 bits per heavy atom. The average molecular weight is 391 g/mol. The van der Waals surface area contributed by atoms with Gasteiger partial charge in [0.2, 0.25) is 0 Å². The van der Waals surface area contributed by atoms with Crippen LogP contribution >= 0.6 is 12.2 Å². The molecule has 3 rings (SSSR count). The fourth-order valence-corrected chi connectivity index (χ4v) is 2.81. The molecule has 0 aliphatic rings. The van der Waals surface area contributed by atoms with E-state index in [1.54, 1.807) is 25.1 Å². The molecule has 1 unspecified atom stereocenters. The first kappa shape index (κ1) is 18.7. The number of nitrogens with one attached hydrogen (secondary N) is 3. The highest BCUT2D eigenvalue weighted by atomic mass is 32.1. The highest BCUT2D eigenvalue weighted by Gasteiger charge is 2.13. The summed E-state index contributed by atoms with van der Waals surface area (Å²) in [5, 5.41) is 3.20. The minimum atomic E-state index is -2.89. The Morgan fingerprint density at radius 1 is 1.15 bits per heavy atom. The number of ether oxygens (including phenoxy) is 1. The number of carbonyl (C=O) groups is 1. The van der Waals surface area contributed by atoms with E-state index in [2.05, 4.69) is 20.0 Å². The molecule has 9 heteroatoms. The van der Waals surface area contributed by atoms with Crippen LogP contribution in [0.3, 0.4) is 0 Å². The summed E-state index contributed by atoms with van der Waals surface area (Å²) >= 11 is 4.94. The zero-order valence-corrected chi connectivity index (χ0v) is 14.9. The van der Waals surface area contributed by atoms with Gasteiger partial charge in [-0.15, -0.1) is 0 Å². The fraction of sp³-hybridized carbons (Fsp3) is 0.167. The summed E-state index contributed by atoms with van der Waals surface area (Å²) in [5.74, 6) is -0.306. The van der Waals surface area contributed by atoms with E-state index in [1.165, 1.54) is 24.3 Å². The third kappa shape index (κ3) is 4.37. The maximum atomic E-state index is 12.5. The van der Waals surface area contributed by atoms with E-state index < -0.39 is 6.61 Å². The van der Waals surface area contributed by atoms with Gasteiger partial charge in [-0.3, -0.25) is 14.6 Å². The highest BCUT2D eigenvalue weighted by Crippen LogP contribution is 2.20. The van der Waals surface area contributed by atoms with Gasteiger partial charge in [0.05, 0.1) is 16.9 Å². The van der Waals surface area contributed by atoms with Crippen molar-refractivity contribution < 1.29 is 18.3 Å². The molecule has 1 aromatic heterocycles. The van der Waals surface area contributed by atoms with E-state index in [9.17, 15) is 18.4 Å². The van der Waals surface area contributed by atoms with Gasteiger partial charge in [0, 0.05) is 5.56 Å². The van der Waals surface area contributed by atoms with Crippen LogP contribution in [0.2, 0.25) is 0 Å². The number of rotatable bonds is 5. The van der Waals surface area contributed by atoms with E-state index in [0.29, 0.717) is 16.5 Å². The number of fused-ring (bicyclic) bond motifs is 1. The molecule has 140 valence electrons. The van der Waals surface area contributed by atoms with E-state index in [0.717, 1.165) is 5.56 Å². The van der Waals surface area contributed by atoms with Crippen molar-refractivity contribution in [3.05, 3.63) is 68.7 Å². The second kappa shape index (κ2) is 7.67. The van der Waals surface area contributed by atoms with Crippen LogP contribution in [0.25, 0.3) is 10.9 Å². The fourth-order valence-electron chi connectivity index (χ4n) is 2.61. The number of H-pyrrole nitrogens is 2. The van der Waals surface area contributed by atoms with Gasteiger partial charge < -0.3 is 15.0 Å². The predicted octanol–water partition coefficient (Wildman–Crippen LogP) is 3.68. The molecule has 0 saturated carbocycles. The molecule has 3 aromatic rings. The summed E-state index contributed by atoms with van der Waals surface area (Å²) in [6.45, 7) is -1.12. The number of halogens is 2. The molecule has 1 heterocycles. The number of amides is 1. The molecule has 3 N–H and O–H groups in total. The molecule has 0 radical (unpaired) electrons. The van der Waals surface area contributed by atoms with Gasteiger partial charge in [-0.25, -0.2) is 0 Å². The zero-order chi connectivity index (χ0) is 19.6. The van der Waals surface area contributed by atoms with Gasteiger partial charge in [-0.1, -0.05) is 12.1 Å². The van der Waals surface area contributed by atoms with Crippen molar-refractivity contribution in [3.63, 3.8) is 0 Å². The maximum Gasteiger partial charge on any atom is 0.387 e. The largest absolute Gasteiger partial charge is 0.435 e. The third-order valence-electron chi connectivity index (χ3n) is 3.95. The van der Waals surface area contributed by atoms with Gasteiger partial charge in [0.25, 0.3) is 11.5 Å². The Kier molecular flexibility index (Phi) is 5.31. The first-order chi connectivity index (χ1) is 12.8. The molecule has 0 spiro atoms. The maximum absolute atomic E-state index is 12.5. The molecule has 0 fully saturated rings. The summed E-state index contributed by atoms with van der Waals surface area (Å²) in [7, 11) is 0. The second-order valence-corrected chi connectivity index (χ2v) is 6.22.